The Morgan fingerprint density at radius 1 is 1.40 bits per heavy atom. The molecule has 1 aliphatic rings. The molecule has 10 heavy (non-hydrogen) atoms. The molecule has 1 saturated heterocycles. The third-order valence-electron chi connectivity index (χ3n) is 1.82. The standard InChI is InChI=1S/C6H13NO3/c1-3-5(8)6(9)4(7)2-10-3/h3-6,8-9H,2,7H2,1H3/t3-,4+,5-,6-/m1/s1. The predicted octanol–water partition coefficient (Wildman–Crippen LogP) is -1.55. The van der Waals surface area contributed by atoms with E-state index in [9.17, 15) is 0 Å². The monoisotopic (exact) mass is 147 g/mol. The van der Waals surface area contributed by atoms with Crippen LogP contribution >= 0.6 is 0 Å². The van der Waals surface area contributed by atoms with E-state index in [1.54, 1.807) is 6.92 Å². The van der Waals surface area contributed by atoms with Crippen molar-refractivity contribution in [2.24, 2.45) is 5.73 Å². The fraction of sp³-hybridized carbons (Fsp3) is 1.00. The van der Waals surface area contributed by atoms with E-state index in [4.69, 9.17) is 20.7 Å². The van der Waals surface area contributed by atoms with Crippen molar-refractivity contribution in [1.82, 2.24) is 0 Å². The van der Waals surface area contributed by atoms with E-state index in [1.807, 2.05) is 0 Å². The van der Waals surface area contributed by atoms with Gasteiger partial charge in [0.2, 0.25) is 0 Å². The van der Waals surface area contributed by atoms with Gasteiger partial charge >= 0.3 is 0 Å². The number of ether oxygens (including phenoxy) is 1. The van der Waals surface area contributed by atoms with Crippen molar-refractivity contribution in [3.05, 3.63) is 0 Å². The van der Waals surface area contributed by atoms with Crippen LogP contribution in [0.1, 0.15) is 6.92 Å². The minimum Gasteiger partial charge on any atom is -0.389 e. The molecule has 0 bridgehead atoms. The summed E-state index contributed by atoms with van der Waals surface area (Å²) in [5.74, 6) is 0. The Hall–Kier alpha value is -0.160. The second kappa shape index (κ2) is 2.84. The Kier molecular flexibility index (Phi) is 2.25. The van der Waals surface area contributed by atoms with Crippen molar-refractivity contribution in [2.45, 2.75) is 31.3 Å². The van der Waals surface area contributed by atoms with Crippen molar-refractivity contribution in [3.8, 4) is 0 Å². The van der Waals surface area contributed by atoms with Crippen LogP contribution < -0.4 is 5.73 Å². The average molecular weight is 147 g/mol. The molecule has 0 saturated carbocycles. The van der Waals surface area contributed by atoms with Crippen molar-refractivity contribution in [1.29, 1.82) is 0 Å². The Morgan fingerprint density at radius 2 is 2.00 bits per heavy atom. The Bertz CT molecular complexity index is 106. The lowest BCUT2D eigenvalue weighted by Gasteiger charge is -2.33. The van der Waals surface area contributed by atoms with Crippen molar-refractivity contribution in [2.75, 3.05) is 6.61 Å². The van der Waals surface area contributed by atoms with Crippen LogP contribution in [0.5, 0.6) is 0 Å². The topological polar surface area (TPSA) is 75.7 Å². The largest absolute Gasteiger partial charge is 0.389 e. The van der Waals surface area contributed by atoms with Crippen molar-refractivity contribution < 1.29 is 14.9 Å². The number of hydrogen-bond donors (Lipinski definition) is 3. The van der Waals surface area contributed by atoms with Gasteiger partial charge < -0.3 is 20.7 Å². The molecule has 0 radical (unpaired) electrons. The first-order valence-electron chi connectivity index (χ1n) is 3.36. The van der Waals surface area contributed by atoms with Crippen LogP contribution in [0, 0.1) is 0 Å². The van der Waals surface area contributed by atoms with Crippen molar-refractivity contribution >= 4 is 0 Å². The SMILES string of the molecule is C[C@H]1OC[C@H](N)[C@@H](O)[C@@H]1O. The zero-order chi connectivity index (χ0) is 7.72. The van der Waals surface area contributed by atoms with Gasteiger partial charge in [-0.25, -0.2) is 0 Å². The molecule has 60 valence electrons. The molecule has 1 rings (SSSR count). The molecule has 4 atom stereocenters. The van der Waals surface area contributed by atoms with Crippen LogP contribution in [0.25, 0.3) is 0 Å². The summed E-state index contributed by atoms with van der Waals surface area (Å²) in [6.45, 7) is 2.03. The highest BCUT2D eigenvalue weighted by molar-refractivity contribution is 4.86. The summed E-state index contributed by atoms with van der Waals surface area (Å²) in [6.07, 6.45) is -2.00. The Morgan fingerprint density at radius 3 is 2.50 bits per heavy atom. The lowest BCUT2D eigenvalue weighted by molar-refractivity contribution is -0.136. The Labute approximate surface area is 59.6 Å². The summed E-state index contributed by atoms with van der Waals surface area (Å²) < 4.78 is 5.04. The van der Waals surface area contributed by atoms with E-state index in [0.29, 0.717) is 6.61 Å². The Balaban J connectivity index is 2.52. The maximum atomic E-state index is 9.16. The van der Waals surface area contributed by atoms with Gasteiger partial charge in [0.05, 0.1) is 24.9 Å². The number of nitrogens with two attached hydrogens (primary N) is 1. The molecule has 1 fully saturated rings. The molecule has 0 aromatic carbocycles. The first kappa shape index (κ1) is 7.94. The number of aliphatic hydroxyl groups excluding tert-OH is 2. The summed E-state index contributed by atoms with van der Waals surface area (Å²) >= 11 is 0. The molecule has 1 heterocycles. The molecule has 0 unspecified atom stereocenters. The number of hydrogen-bond acceptors (Lipinski definition) is 4. The molecular formula is C6H13NO3. The third kappa shape index (κ3) is 1.29. The molecule has 4 nitrogen and oxygen atoms in total. The van der Waals surface area contributed by atoms with Gasteiger partial charge in [0.15, 0.2) is 0 Å². The van der Waals surface area contributed by atoms with Gasteiger partial charge in [-0.1, -0.05) is 0 Å². The summed E-state index contributed by atoms with van der Waals surface area (Å²) in [7, 11) is 0. The molecular weight excluding hydrogens is 134 g/mol. The quantitative estimate of drug-likeness (QED) is 0.388. The summed E-state index contributed by atoms with van der Waals surface area (Å²) in [4.78, 5) is 0. The number of aliphatic hydroxyl groups is 2. The average Bonchev–Trinajstić information content (AvgIpc) is 1.93. The smallest absolute Gasteiger partial charge is 0.107 e. The zero-order valence-electron chi connectivity index (χ0n) is 5.90. The highest BCUT2D eigenvalue weighted by Crippen LogP contribution is 2.12. The van der Waals surface area contributed by atoms with E-state index < -0.39 is 18.2 Å². The minimum atomic E-state index is -0.844. The highest BCUT2D eigenvalue weighted by atomic mass is 16.5. The van der Waals surface area contributed by atoms with Gasteiger partial charge in [0.25, 0.3) is 0 Å². The van der Waals surface area contributed by atoms with Gasteiger partial charge in [0, 0.05) is 0 Å². The van der Waals surface area contributed by atoms with E-state index >= 15 is 0 Å². The van der Waals surface area contributed by atoms with Crippen LogP contribution in [0.2, 0.25) is 0 Å². The molecule has 4 heteroatoms. The normalized spacial score (nSPS) is 49.2. The van der Waals surface area contributed by atoms with E-state index in [0.717, 1.165) is 0 Å². The van der Waals surface area contributed by atoms with E-state index in [2.05, 4.69) is 0 Å². The van der Waals surface area contributed by atoms with Gasteiger partial charge in [-0.2, -0.15) is 0 Å². The molecule has 0 spiro atoms. The van der Waals surface area contributed by atoms with Crippen LogP contribution in [0.15, 0.2) is 0 Å². The zero-order valence-corrected chi connectivity index (χ0v) is 5.90. The lowest BCUT2D eigenvalue weighted by Crippen LogP contribution is -2.55. The molecule has 0 aromatic heterocycles. The summed E-state index contributed by atoms with van der Waals surface area (Å²) in [6, 6.07) is -0.453. The second-order valence-corrected chi connectivity index (χ2v) is 2.68. The van der Waals surface area contributed by atoms with Gasteiger partial charge in [0.1, 0.15) is 6.10 Å². The van der Waals surface area contributed by atoms with E-state index in [-0.39, 0.29) is 6.10 Å². The van der Waals surface area contributed by atoms with Crippen LogP contribution in [-0.4, -0.2) is 41.2 Å². The fourth-order valence-electron chi connectivity index (χ4n) is 0.991. The third-order valence-corrected chi connectivity index (χ3v) is 1.82. The first-order chi connectivity index (χ1) is 4.63. The van der Waals surface area contributed by atoms with Crippen LogP contribution in [0.3, 0.4) is 0 Å². The van der Waals surface area contributed by atoms with Crippen LogP contribution in [0.4, 0.5) is 0 Å². The second-order valence-electron chi connectivity index (χ2n) is 2.68. The fourth-order valence-corrected chi connectivity index (χ4v) is 0.991. The molecule has 0 aromatic rings. The first-order valence-corrected chi connectivity index (χ1v) is 3.36. The van der Waals surface area contributed by atoms with Gasteiger partial charge in [-0.3, -0.25) is 0 Å². The van der Waals surface area contributed by atoms with Crippen LogP contribution in [-0.2, 0) is 4.74 Å². The van der Waals surface area contributed by atoms with E-state index in [1.165, 1.54) is 0 Å². The lowest BCUT2D eigenvalue weighted by atomic mass is 10.0. The maximum absolute atomic E-state index is 9.16. The van der Waals surface area contributed by atoms with Gasteiger partial charge in [-0.05, 0) is 6.92 Å². The maximum Gasteiger partial charge on any atom is 0.107 e. The minimum absolute atomic E-state index is 0.310. The molecule has 0 aliphatic carbocycles. The highest BCUT2D eigenvalue weighted by Gasteiger charge is 2.33. The molecule has 4 N–H and O–H groups in total. The van der Waals surface area contributed by atoms with Gasteiger partial charge in [-0.15, -0.1) is 0 Å². The summed E-state index contributed by atoms with van der Waals surface area (Å²) in [5.41, 5.74) is 5.40. The van der Waals surface area contributed by atoms with Crippen molar-refractivity contribution in [3.63, 3.8) is 0 Å². The summed E-state index contributed by atoms with van der Waals surface area (Å²) in [5, 5.41) is 18.3. The predicted molar refractivity (Wildman–Crippen MR) is 35.4 cm³/mol. The number of rotatable bonds is 0. The molecule has 1 aliphatic heterocycles. The molecule has 0 amide bonds.